The Morgan fingerprint density at radius 2 is 2.00 bits per heavy atom. The Labute approximate surface area is 102 Å². The maximum Gasteiger partial charge on any atom is 0.240 e. The van der Waals surface area contributed by atoms with Gasteiger partial charge in [-0.25, -0.2) is 13.6 Å². The van der Waals surface area contributed by atoms with Crippen LogP contribution < -0.4 is 10.5 Å². The predicted octanol–water partition coefficient (Wildman–Crippen LogP) is 1.93. The van der Waals surface area contributed by atoms with Gasteiger partial charge in [0.25, 0.3) is 0 Å². The number of para-hydroxylation sites is 1. The molecule has 0 spiro atoms. The third-order valence-electron chi connectivity index (χ3n) is 3.40. The molecule has 1 aliphatic rings. The van der Waals surface area contributed by atoms with Crippen LogP contribution in [0.1, 0.15) is 26.2 Å². The minimum atomic E-state index is -3.66. The molecule has 0 aromatic heterocycles. The molecule has 0 amide bonds. The Bertz CT molecular complexity index is 499. The first kappa shape index (κ1) is 12.4. The molecule has 2 atom stereocenters. The van der Waals surface area contributed by atoms with E-state index in [-0.39, 0.29) is 4.90 Å². The molecule has 2 unspecified atom stereocenters. The predicted molar refractivity (Wildman–Crippen MR) is 68.2 cm³/mol. The summed E-state index contributed by atoms with van der Waals surface area (Å²) in [7, 11) is -3.66. The topological polar surface area (TPSA) is 72.2 Å². The van der Waals surface area contributed by atoms with E-state index >= 15 is 0 Å². The summed E-state index contributed by atoms with van der Waals surface area (Å²) >= 11 is 0. The Morgan fingerprint density at radius 3 is 2.59 bits per heavy atom. The molecule has 1 fully saturated rings. The highest BCUT2D eigenvalue weighted by Gasteiger charge is 2.24. The third kappa shape index (κ3) is 2.79. The van der Waals surface area contributed by atoms with Crippen LogP contribution in [0.2, 0.25) is 0 Å². The summed E-state index contributed by atoms with van der Waals surface area (Å²) in [6.45, 7) is 2.18. The summed E-state index contributed by atoms with van der Waals surface area (Å²) in [5.41, 5.74) is 0.619. The molecule has 17 heavy (non-hydrogen) atoms. The third-order valence-corrected chi connectivity index (χ3v) is 4.37. The van der Waals surface area contributed by atoms with Crippen LogP contribution in [0.5, 0.6) is 0 Å². The molecule has 0 heterocycles. The maximum absolute atomic E-state index is 11.4. The molecule has 0 bridgehead atoms. The Hall–Kier alpha value is -1.07. The second-order valence-electron chi connectivity index (χ2n) is 4.70. The van der Waals surface area contributed by atoms with Gasteiger partial charge in [0.1, 0.15) is 4.90 Å². The molecule has 1 aromatic rings. The van der Waals surface area contributed by atoms with Crippen LogP contribution in [0.25, 0.3) is 0 Å². The molecule has 3 N–H and O–H groups in total. The minimum Gasteiger partial charge on any atom is -0.381 e. The number of primary sulfonamides is 1. The molecule has 5 heteroatoms. The lowest BCUT2D eigenvalue weighted by Crippen LogP contribution is -2.24. The lowest BCUT2D eigenvalue weighted by Gasteiger charge is -2.20. The van der Waals surface area contributed by atoms with Crippen molar-refractivity contribution >= 4 is 15.7 Å². The second kappa shape index (κ2) is 4.66. The van der Waals surface area contributed by atoms with Crippen LogP contribution in [0.15, 0.2) is 29.2 Å². The van der Waals surface area contributed by atoms with E-state index in [1.165, 1.54) is 18.9 Å². The van der Waals surface area contributed by atoms with E-state index in [9.17, 15) is 8.42 Å². The van der Waals surface area contributed by atoms with Gasteiger partial charge >= 0.3 is 0 Å². The molecular weight excluding hydrogens is 236 g/mol. The van der Waals surface area contributed by atoms with Crippen molar-refractivity contribution in [3.05, 3.63) is 24.3 Å². The average molecular weight is 254 g/mol. The lowest BCUT2D eigenvalue weighted by atomic mass is 10.1. The molecule has 2 rings (SSSR count). The van der Waals surface area contributed by atoms with Crippen LogP contribution in [-0.2, 0) is 10.0 Å². The van der Waals surface area contributed by atoms with Crippen molar-refractivity contribution in [2.45, 2.75) is 37.1 Å². The van der Waals surface area contributed by atoms with Gasteiger partial charge in [-0.1, -0.05) is 25.5 Å². The van der Waals surface area contributed by atoms with Gasteiger partial charge in [-0.3, -0.25) is 0 Å². The van der Waals surface area contributed by atoms with Crippen molar-refractivity contribution < 1.29 is 8.42 Å². The van der Waals surface area contributed by atoms with Crippen molar-refractivity contribution in [3.8, 4) is 0 Å². The highest BCUT2D eigenvalue weighted by Crippen LogP contribution is 2.30. The van der Waals surface area contributed by atoms with E-state index in [0.717, 1.165) is 6.42 Å². The summed E-state index contributed by atoms with van der Waals surface area (Å²) < 4.78 is 22.9. The smallest absolute Gasteiger partial charge is 0.240 e. The highest BCUT2D eigenvalue weighted by molar-refractivity contribution is 7.89. The average Bonchev–Trinajstić information content (AvgIpc) is 2.64. The number of anilines is 1. The minimum absolute atomic E-state index is 0.180. The molecule has 0 radical (unpaired) electrons. The number of hydrogen-bond donors (Lipinski definition) is 2. The van der Waals surface area contributed by atoms with Crippen LogP contribution in [-0.4, -0.2) is 14.5 Å². The van der Waals surface area contributed by atoms with Gasteiger partial charge in [-0.05, 0) is 30.9 Å². The van der Waals surface area contributed by atoms with Crippen molar-refractivity contribution in [3.63, 3.8) is 0 Å². The van der Waals surface area contributed by atoms with Gasteiger partial charge in [0.05, 0.1) is 5.69 Å². The van der Waals surface area contributed by atoms with Gasteiger partial charge in [0.2, 0.25) is 10.0 Å². The largest absolute Gasteiger partial charge is 0.381 e. The van der Waals surface area contributed by atoms with E-state index in [1.54, 1.807) is 12.1 Å². The number of hydrogen-bond acceptors (Lipinski definition) is 3. The first-order valence-electron chi connectivity index (χ1n) is 5.87. The van der Waals surface area contributed by atoms with E-state index in [1.807, 2.05) is 6.07 Å². The van der Waals surface area contributed by atoms with E-state index < -0.39 is 10.0 Å². The summed E-state index contributed by atoms with van der Waals surface area (Å²) in [5, 5.41) is 8.51. The number of sulfonamides is 1. The van der Waals surface area contributed by atoms with Crippen molar-refractivity contribution in [1.82, 2.24) is 0 Å². The fourth-order valence-corrected chi connectivity index (χ4v) is 3.10. The second-order valence-corrected chi connectivity index (χ2v) is 6.23. The highest BCUT2D eigenvalue weighted by atomic mass is 32.2. The SMILES string of the molecule is CC1CCCC1Nc1ccccc1S(N)(=O)=O. The number of rotatable bonds is 3. The summed E-state index contributed by atoms with van der Waals surface area (Å²) in [5.74, 6) is 0.573. The number of nitrogens with two attached hydrogens (primary N) is 1. The van der Waals surface area contributed by atoms with E-state index in [2.05, 4.69) is 12.2 Å². The van der Waals surface area contributed by atoms with Crippen LogP contribution >= 0.6 is 0 Å². The number of nitrogens with one attached hydrogen (secondary N) is 1. The first-order valence-corrected chi connectivity index (χ1v) is 7.41. The maximum atomic E-state index is 11.4. The van der Waals surface area contributed by atoms with E-state index in [0.29, 0.717) is 17.6 Å². The Morgan fingerprint density at radius 1 is 1.29 bits per heavy atom. The lowest BCUT2D eigenvalue weighted by molar-refractivity contribution is 0.554. The van der Waals surface area contributed by atoms with E-state index in [4.69, 9.17) is 5.14 Å². The zero-order chi connectivity index (χ0) is 12.5. The van der Waals surface area contributed by atoms with Gasteiger partial charge in [0.15, 0.2) is 0 Å². The zero-order valence-electron chi connectivity index (χ0n) is 9.89. The normalized spacial score (nSPS) is 24.8. The molecule has 1 aliphatic carbocycles. The van der Waals surface area contributed by atoms with Crippen LogP contribution in [0.4, 0.5) is 5.69 Å². The zero-order valence-corrected chi connectivity index (χ0v) is 10.7. The van der Waals surface area contributed by atoms with Gasteiger partial charge in [-0.15, -0.1) is 0 Å². The summed E-state index contributed by atoms with van der Waals surface area (Å²) in [6.07, 6.45) is 3.46. The molecule has 1 saturated carbocycles. The van der Waals surface area contributed by atoms with Crippen molar-refractivity contribution in [2.24, 2.45) is 11.1 Å². The van der Waals surface area contributed by atoms with Gasteiger partial charge in [-0.2, -0.15) is 0 Å². The fourth-order valence-electron chi connectivity index (χ4n) is 2.39. The van der Waals surface area contributed by atoms with Crippen molar-refractivity contribution in [2.75, 3.05) is 5.32 Å². The Balaban J connectivity index is 2.27. The molecule has 1 aromatic carbocycles. The molecule has 0 saturated heterocycles. The fraction of sp³-hybridized carbons (Fsp3) is 0.500. The monoisotopic (exact) mass is 254 g/mol. The number of benzene rings is 1. The summed E-state index contributed by atoms with van der Waals surface area (Å²) in [6, 6.07) is 7.15. The van der Waals surface area contributed by atoms with Crippen LogP contribution in [0, 0.1) is 5.92 Å². The Kier molecular flexibility index (Phi) is 3.40. The standard InChI is InChI=1S/C12H18N2O2S/c1-9-5-4-7-10(9)14-11-6-2-3-8-12(11)17(13,15)16/h2-3,6,8-10,14H,4-5,7H2,1H3,(H2,13,15,16). The van der Waals surface area contributed by atoms with Crippen molar-refractivity contribution in [1.29, 1.82) is 0 Å². The quantitative estimate of drug-likeness (QED) is 0.865. The van der Waals surface area contributed by atoms with Gasteiger partial charge in [0, 0.05) is 6.04 Å². The van der Waals surface area contributed by atoms with Gasteiger partial charge < -0.3 is 5.32 Å². The summed E-state index contributed by atoms with van der Waals surface area (Å²) in [4.78, 5) is 0.180. The molecule has 0 aliphatic heterocycles. The van der Waals surface area contributed by atoms with Crippen LogP contribution in [0.3, 0.4) is 0 Å². The molecular formula is C12H18N2O2S. The molecule has 94 valence electrons. The first-order chi connectivity index (χ1) is 7.98. The molecule has 4 nitrogen and oxygen atoms in total.